The number of fused-ring (bicyclic) bond motifs is 1. The van der Waals surface area contributed by atoms with E-state index in [1.165, 1.54) is 11.3 Å². The molecule has 1 atom stereocenters. The number of hydrogen-bond acceptors (Lipinski definition) is 5. The summed E-state index contributed by atoms with van der Waals surface area (Å²) >= 11 is 1.42. The van der Waals surface area contributed by atoms with Gasteiger partial charge in [0, 0.05) is 12.3 Å². The minimum atomic E-state index is -0.0529. The first-order valence-electron chi connectivity index (χ1n) is 7.58. The molecule has 1 amide bonds. The van der Waals surface area contributed by atoms with Crippen LogP contribution >= 0.6 is 11.3 Å². The number of hydrogen-bond donors (Lipinski definition) is 2. The summed E-state index contributed by atoms with van der Waals surface area (Å²) in [5.41, 5.74) is 6.82. The molecule has 5 nitrogen and oxygen atoms in total. The van der Waals surface area contributed by atoms with Crippen LogP contribution in [0, 0.1) is 0 Å². The summed E-state index contributed by atoms with van der Waals surface area (Å²) in [6.45, 7) is 0. The van der Waals surface area contributed by atoms with E-state index in [0.29, 0.717) is 17.4 Å². The van der Waals surface area contributed by atoms with Crippen molar-refractivity contribution in [2.24, 2.45) is 0 Å². The normalized spacial score (nSPS) is 16.3. The topological polar surface area (TPSA) is 77.2 Å². The van der Waals surface area contributed by atoms with E-state index >= 15 is 0 Å². The molecule has 0 fully saturated rings. The minimum Gasteiger partial charge on any atom is -0.457 e. The molecule has 6 heteroatoms. The van der Waals surface area contributed by atoms with E-state index in [-0.39, 0.29) is 11.8 Å². The fourth-order valence-electron chi connectivity index (χ4n) is 2.82. The summed E-state index contributed by atoms with van der Waals surface area (Å²) in [6.07, 6.45) is 0.378. The van der Waals surface area contributed by atoms with Gasteiger partial charge in [-0.1, -0.05) is 41.7 Å². The molecule has 4 rings (SSSR count). The lowest BCUT2D eigenvalue weighted by molar-refractivity contribution is -0.116. The van der Waals surface area contributed by atoms with Crippen LogP contribution in [0.3, 0.4) is 0 Å². The van der Waals surface area contributed by atoms with E-state index in [9.17, 15) is 4.79 Å². The summed E-state index contributed by atoms with van der Waals surface area (Å²) < 4.78 is 5.89. The Morgan fingerprint density at radius 1 is 1.12 bits per heavy atom. The third-order valence-electron chi connectivity index (χ3n) is 3.87. The molecule has 2 aromatic carbocycles. The Kier molecular flexibility index (Phi) is 3.66. The summed E-state index contributed by atoms with van der Waals surface area (Å²) in [7, 11) is 0. The molecule has 0 unspecified atom stereocenters. The molecule has 1 aliphatic rings. The van der Waals surface area contributed by atoms with Crippen molar-refractivity contribution in [1.29, 1.82) is 0 Å². The second-order valence-electron chi connectivity index (χ2n) is 5.56. The number of carbonyl (C=O) groups excluding carboxylic acids is 1. The number of carbonyl (C=O) groups is 1. The van der Waals surface area contributed by atoms with Gasteiger partial charge in [-0.3, -0.25) is 4.79 Å². The average Bonchev–Trinajstić information content (AvgIpc) is 2.95. The Bertz CT molecular complexity index is 892. The third kappa shape index (κ3) is 2.83. The molecule has 1 aliphatic heterocycles. The van der Waals surface area contributed by atoms with Crippen LogP contribution in [0.4, 0.5) is 10.9 Å². The zero-order valence-electron chi connectivity index (χ0n) is 12.7. The summed E-state index contributed by atoms with van der Waals surface area (Å²) in [4.78, 5) is 17.2. The Morgan fingerprint density at radius 2 is 1.92 bits per heavy atom. The molecule has 0 radical (unpaired) electrons. The van der Waals surface area contributed by atoms with Gasteiger partial charge in [0.15, 0.2) is 5.13 Å². The lowest BCUT2D eigenvalue weighted by Crippen LogP contribution is -2.22. The van der Waals surface area contributed by atoms with Gasteiger partial charge in [0.05, 0.1) is 4.88 Å². The van der Waals surface area contributed by atoms with Gasteiger partial charge in [0.25, 0.3) is 0 Å². The van der Waals surface area contributed by atoms with Crippen LogP contribution in [0.25, 0.3) is 0 Å². The Morgan fingerprint density at radius 3 is 2.75 bits per heavy atom. The van der Waals surface area contributed by atoms with Gasteiger partial charge in [0.1, 0.15) is 17.3 Å². The van der Waals surface area contributed by atoms with Crippen LogP contribution in [0.15, 0.2) is 54.6 Å². The van der Waals surface area contributed by atoms with Gasteiger partial charge in [-0.25, -0.2) is 4.98 Å². The molecule has 0 saturated carbocycles. The first kappa shape index (κ1) is 14.7. The molecule has 0 aliphatic carbocycles. The lowest BCUT2D eigenvalue weighted by atomic mass is 9.91. The van der Waals surface area contributed by atoms with E-state index < -0.39 is 0 Å². The molecule has 1 aromatic heterocycles. The number of nitrogens with one attached hydrogen (secondary N) is 1. The number of anilines is 2. The quantitative estimate of drug-likeness (QED) is 0.757. The molecule has 0 bridgehead atoms. The van der Waals surface area contributed by atoms with Crippen LogP contribution in [-0.4, -0.2) is 10.9 Å². The van der Waals surface area contributed by atoms with Crippen molar-refractivity contribution >= 4 is 28.2 Å². The molecule has 3 aromatic rings. The molecular weight excluding hydrogens is 322 g/mol. The van der Waals surface area contributed by atoms with E-state index in [4.69, 9.17) is 10.5 Å². The average molecular weight is 337 g/mol. The van der Waals surface area contributed by atoms with Crippen molar-refractivity contribution in [3.05, 3.63) is 65.0 Å². The van der Waals surface area contributed by atoms with Gasteiger partial charge >= 0.3 is 0 Å². The van der Waals surface area contributed by atoms with Crippen molar-refractivity contribution in [3.63, 3.8) is 0 Å². The van der Waals surface area contributed by atoms with Crippen LogP contribution in [0.1, 0.15) is 22.8 Å². The van der Waals surface area contributed by atoms with Crippen LogP contribution in [-0.2, 0) is 4.79 Å². The Balaban J connectivity index is 1.67. The highest BCUT2D eigenvalue weighted by Crippen LogP contribution is 2.42. The molecule has 3 N–H and O–H groups in total. The second-order valence-corrected chi connectivity index (χ2v) is 6.62. The van der Waals surface area contributed by atoms with Gasteiger partial charge in [-0.05, 0) is 29.8 Å². The van der Waals surface area contributed by atoms with Gasteiger partial charge in [-0.15, -0.1) is 0 Å². The molecular formula is C18H15N3O2S. The standard InChI is InChI=1S/C18H15N3O2S/c19-18-21-17-16(24-18)14(10-15(22)20-17)11-5-4-8-13(9-11)23-12-6-2-1-3-7-12/h1-9,14H,10H2,(H2,19,21)(H,20,22)/t14-/m0/s1. The smallest absolute Gasteiger partial charge is 0.226 e. The Hall–Kier alpha value is -2.86. The molecule has 2 heterocycles. The Labute approximate surface area is 143 Å². The fourth-order valence-corrected chi connectivity index (χ4v) is 3.74. The van der Waals surface area contributed by atoms with Crippen molar-refractivity contribution in [3.8, 4) is 11.5 Å². The van der Waals surface area contributed by atoms with E-state index in [1.807, 2.05) is 54.6 Å². The van der Waals surface area contributed by atoms with Crippen LogP contribution < -0.4 is 15.8 Å². The summed E-state index contributed by atoms with van der Waals surface area (Å²) in [5.74, 6) is 1.99. The maximum atomic E-state index is 12.0. The number of nitrogens with zero attached hydrogens (tertiary/aromatic N) is 1. The molecule has 24 heavy (non-hydrogen) atoms. The number of ether oxygens (including phenoxy) is 1. The maximum absolute atomic E-state index is 12.0. The van der Waals surface area contributed by atoms with Crippen molar-refractivity contribution in [1.82, 2.24) is 4.98 Å². The van der Waals surface area contributed by atoms with E-state index in [1.54, 1.807) is 0 Å². The number of thiazole rings is 1. The molecule has 0 saturated heterocycles. The highest BCUT2D eigenvalue weighted by molar-refractivity contribution is 7.16. The summed E-state index contributed by atoms with van der Waals surface area (Å²) in [5, 5.41) is 3.25. The number of benzene rings is 2. The third-order valence-corrected chi connectivity index (χ3v) is 4.87. The number of nitrogens with two attached hydrogens (primary N) is 1. The van der Waals surface area contributed by atoms with Crippen molar-refractivity contribution in [2.45, 2.75) is 12.3 Å². The molecule has 0 spiro atoms. The maximum Gasteiger partial charge on any atom is 0.226 e. The fraction of sp³-hybridized carbons (Fsp3) is 0.111. The van der Waals surface area contributed by atoms with E-state index in [0.717, 1.165) is 21.9 Å². The van der Waals surface area contributed by atoms with Gasteiger partial charge in [-0.2, -0.15) is 0 Å². The SMILES string of the molecule is Nc1nc2c(s1)[C@H](c1cccc(Oc3ccccc3)c1)CC(=O)N2. The number of para-hydroxylation sites is 1. The van der Waals surface area contributed by atoms with Gasteiger partial charge < -0.3 is 15.8 Å². The number of rotatable bonds is 3. The number of amides is 1. The van der Waals surface area contributed by atoms with Gasteiger partial charge in [0.2, 0.25) is 5.91 Å². The van der Waals surface area contributed by atoms with Crippen molar-refractivity contribution < 1.29 is 9.53 Å². The second kappa shape index (κ2) is 5.98. The first-order valence-corrected chi connectivity index (χ1v) is 8.39. The zero-order chi connectivity index (χ0) is 16.5. The predicted molar refractivity (Wildman–Crippen MR) is 94.6 cm³/mol. The minimum absolute atomic E-state index is 0.0489. The monoisotopic (exact) mass is 337 g/mol. The predicted octanol–water partition coefficient (Wildman–Crippen LogP) is 3.99. The number of nitrogen functional groups attached to an aromatic ring is 1. The molecule has 120 valence electrons. The largest absolute Gasteiger partial charge is 0.457 e. The highest BCUT2D eigenvalue weighted by atomic mass is 32.1. The van der Waals surface area contributed by atoms with E-state index in [2.05, 4.69) is 10.3 Å². The highest BCUT2D eigenvalue weighted by Gasteiger charge is 2.30. The van der Waals surface area contributed by atoms with Crippen LogP contribution in [0.2, 0.25) is 0 Å². The first-order chi connectivity index (χ1) is 11.7. The van der Waals surface area contributed by atoms with Crippen molar-refractivity contribution in [2.75, 3.05) is 11.1 Å². The van der Waals surface area contributed by atoms with Crippen LogP contribution in [0.5, 0.6) is 11.5 Å². The lowest BCUT2D eigenvalue weighted by Gasteiger charge is -2.22. The number of aromatic nitrogens is 1. The summed E-state index contributed by atoms with van der Waals surface area (Å²) in [6, 6.07) is 17.4. The zero-order valence-corrected chi connectivity index (χ0v) is 13.5.